The summed E-state index contributed by atoms with van der Waals surface area (Å²) in [5.41, 5.74) is 0.692. The van der Waals surface area contributed by atoms with Crippen molar-refractivity contribution in [3.8, 4) is 0 Å². The highest BCUT2D eigenvalue weighted by atomic mass is 32.2. The quantitative estimate of drug-likeness (QED) is 0.767. The summed E-state index contributed by atoms with van der Waals surface area (Å²) in [6, 6.07) is 11.7. The first kappa shape index (κ1) is 20.1. The molecule has 2 aromatic carbocycles. The molecule has 7 heteroatoms. The van der Waals surface area contributed by atoms with Gasteiger partial charge < -0.3 is 4.90 Å². The highest BCUT2D eigenvalue weighted by Crippen LogP contribution is 2.14. The van der Waals surface area contributed by atoms with Gasteiger partial charge in [0.25, 0.3) is 5.91 Å². The molecule has 0 aliphatic heterocycles. The summed E-state index contributed by atoms with van der Waals surface area (Å²) in [4.78, 5) is 13.9. The highest BCUT2D eigenvalue weighted by Gasteiger charge is 2.17. The zero-order valence-electron chi connectivity index (χ0n) is 14.9. The van der Waals surface area contributed by atoms with Gasteiger partial charge in [-0.3, -0.25) is 4.79 Å². The molecule has 0 bridgehead atoms. The second-order valence-corrected chi connectivity index (χ2v) is 7.79. The van der Waals surface area contributed by atoms with E-state index in [1.807, 2.05) is 6.92 Å². The molecular formula is C19H23FN2O3S. The molecule has 0 spiro atoms. The van der Waals surface area contributed by atoms with Gasteiger partial charge in [-0.25, -0.2) is 17.5 Å². The molecule has 26 heavy (non-hydrogen) atoms. The molecule has 0 aliphatic rings. The average molecular weight is 378 g/mol. The monoisotopic (exact) mass is 378 g/mol. The number of unbranched alkanes of at least 4 members (excludes halogenated alkanes) is 1. The lowest BCUT2D eigenvalue weighted by Gasteiger charge is -2.17. The summed E-state index contributed by atoms with van der Waals surface area (Å²) >= 11 is 0. The standard InChI is InChI=1S/C19H23FN2O3S/c1-3-4-13-22(2)19(23)15-9-11-17(12-10-15)26(24,25)21-14-16-7-5-6-8-18(16)20/h5-12,21H,3-4,13-14H2,1-2H3. The van der Waals surface area contributed by atoms with E-state index in [1.165, 1.54) is 36.4 Å². The van der Waals surface area contributed by atoms with Crippen LogP contribution in [0.1, 0.15) is 35.7 Å². The zero-order valence-corrected chi connectivity index (χ0v) is 15.7. The minimum atomic E-state index is -3.79. The Bertz CT molecular complexity index is 851. The predicted molar refractivity (Wildman–Crippen MR) is 98.7 cm³/mol. The maximum absolute atomic E-state index is 13.6. The fourth-order valence-corrected chi connectivity index (χ4v) is 3.40. The molecule has 1 N–H and O–H groups in total. The summed E-state index contributed by atoms with van der Waals surface area (Å²) in [6.45, 7) is 2.56. The van der Waals surface area contributed by atoms with Crippen LogP contribution in [0.3, 0.4) is 0 Å². The number of nitrogens with zero attached hydrogens (tertiary/aromatic N) is 1. The number of nitrogens with one attached hydrogen (secondary N) is 1. The van der Waals surface area contributed by atoms with Crippen molar-refractivity contribution in [1.82, 2.24) is 9.62 Å². The number of carbonyl (C=O) groups is 1. The molecule has 0 saturated heterocycles. The average Bonchev–Trinajstić information content (AvgIpc) is 2.65. The number of amides is 1. The summed E-state index contributed by atoms with van der Waals surface area (Å²) < 4.78 is 40.7. The van der Waals surface area contributed by atoms with Crippen LogP contribution < -0.4 is 4.72 Å². The van der Waals surface area contributed by atoms with E-state index in [-0.39, 0.29) is 22.9 Å². The van der Waals surface area contributed by atoms with Crippen molar-refractivity contribution in [2.75, 3.05) is 13.6 Å². The van der Waals surface area contributed by atoms with Crippen LogP contribution in [0, 0.1) is 5.82 Å². The molecule has 0 aromatic heterocycles. The lowest BCUT2D eigenvalue weighted by molar-refractivity contribution is 0.0793. The van der Waals surface area contributed by atoms with Gasteiger partial charge in [0.15, 0.2) is 0 Å². The molecule has 0 fully saturated rings. The van der Waals surface area contributed by atoms with Crippen LogP contribution in [-0.4, -0.2) is 32.8 Å². The van der Waals surface area contributed by atoms with Gasteiger partial charge in [0.2, 0.25) is 10.0 Å². The van der Waals surface area contributed by atoms with Gasteiger partial charge in [-0.1, -0.05) is 31.5 Å². The third-order valence-corrected chi connectivity index (χ3v) is 5.43. The van der Waals surface area contributed by atoms with Crippen molar-refractivity contribution >= 4 is 15.9 Å². The number of carbonyl (C=O) groups excluding carboxylic acids is 1. The first-order valence-electron chi connectivity index (χ1n) is 8.43. The molecule has 2 rings (SSSR count). The summed E-state index contributed by atoms with van der Waals surface area (Å²) in [6.07, 6.45) is 1.90. The summed E-state index contributed by atoms with van der Waals surface area (Å²) in [5, 5.41) is 0. The Balaban J connectivity index is 2.06. The van der Waals surface area contributed by atoms with E-state index in [0.717, 1.165) is 12.8 Å². The Labute approximate surface area is 153 Å². The number of sulfonamides is 1. The fraction of sp³-hybridized carbons (Fsp3) is 0.316. The van der Waals surface area contributed by atoms with E-state index in [2.05, 4.69) is 4.72 Å². The Morgan fingerprint density at radius 1 is 1.12 bits per heavy atom. The van der Waals surface area contributed by atoms with E-state index in [4.69, 9.17) is 0 Å². The molecule has 0 aliphatic carbocycles. The molecule has 140 valence electrons. The van der Waals surface area contributed by atoms with Crippen LogP contribution in [0.4, 0.5) is 4.39 Å². The maximum atomic E-state index is 13.6. The lowest BCUT2D eigenvalue weighted by Crippen LogP contribution is -2.28. The summed E-state index contributed by atoms with van der Waals surface area (Å²) in [5.74, 6) is -0.618. The van der Waals surface area contributed by atoms with Crippen LogP contribution in [0.15, 0.2) is 53.4 Å². The molecule has 5 nitrogen and oxygen atoms in total. The lowest BCUT2D eigenvalue weighted by atomic mass is 10.2. The van der Waals surface area contributed by atoms with Gasteiger partial charge in [-0.15, -0.1) is 0 Å². The molecule has 0 radical (unpaired) electrons. The molecule has 2 aromatic rings. The van der Waals surface area contributed by atoms with E-state index in [1.54, 1.807) is 24.1 Å². The van der Waals surface area contributed by atoms with E-state index >= 15 is 0 Å². The van der Waals surface area contributed by atoms with Crippen molar-refractivity contribution in [3.05, 3.63) is 65.5 Å². The van der Waals surface area contributed by atoms with Crippen molar-refractivity contribution < 1.29 is 17.6 Å². The Kier molecular flexibility index (Phi) is 6.88. The Morgan fingerprint density at radius 3 is 2.38 bits per heavy atom. The third-order valence-electron chi connectivity index (χ3n) is 4.02. The SMILES string of the molecule is CCCCN(C)C(=O)c1ccc(S(=O)(=O)NCc2ccccc2F)cc1. The van der Waals surface area contributed by atoms with Gasteiger partial charge >= 0.3 is 0 Å². The van der Waals surface area contributed by atoms with Crippen molar-refractivity contribution in [3.63, 3.8) is 0 Å². The minimum absolute atomic E-state index is 0.0293. The third kappa shape index (κ3) is 5.12. The fourth-order valence-electron chi connectivity index (χ4n) is 2.39. The number of hydrogen-bond donors (Lipinski definition) is 1. The van der Waals surface area contributed by atoms with E-state index in [0.29, 0.717) is 12.1 Å². The normalized spacial score (nSPS) is 11.3. The van der Waals surface area contributed by atoms with Crippen LogP contribution in [0.2, 0.25) is 0 Å². The van der Waals surface area contributed by atoms with Gasteiger partial charge in [-0.05, 0) is 36.8 Å². The van der Waals surface area contributed by atoms with Crippen LogP contribution in [0.25, 0.3) is 0 Å². The smallest absolute Gasteiger partial charge is 0.253 e. The van der Waals surface area contributed by atoms with E-state index in [9.17, 15) is 17.6 Å². The Hall–Kier alpha value is -2.25. The maximum Gasteiger partial charge on any atom is 0.253 e. The topological polar surface area (TPSA) is 66.5 Å². The molecule has 0 heterocycles. The van der Waals surface area contributed by atoms with Gasteiger partial charge in [-0.2, -0.15) is 0 Å². The molecule has 0 saturated carbocycles. The number of hydrogen-bond acceptors (Lipinski definition) is 3. The largest absolute Gasteiger partial charge is 0.342 e. The van der Waals surface area contributed by atoms with Crippen molar-refractivity contribution in [2.24, 2.45) is 0 Å². The zero-order chi connectivity index (χ0) is 19.2. The van der Waals surface area contributed by atoms with E-state index < -0.39 is 15.8 Å². The first-order chi connectivity index (χ1) is 12.3. The number of halogens is 1. The molecule has 0 atom stereocenters. The first-order valence-corrected chi connectivity index (χ1v) is 9.92. The van der Waals surface area contributed by atoms with Crippen LogP contribution in [-0.2, 0) is 16.6 Å². The minimum Gasteiger partial charge on any atom is -0.342 e. The van der Waals surface area contributed by atoms with Gasteiger partial charge in [0, 0.05) is 31.3 Å². The Morgan fingerprint density at radius 2 is 1.77 bits per heavy atom. The van der Waals surface area contributed by atoms with Crippen LogP contribution in [0.5, 0.6) is 0 Å². The van der Waals surface area contributed by atoms with Crippen molar-refractivity contribution in [2.45, 2.75) is 31.2 Å². The second-order valence-electron chi connectivity index (χ2n) is 6.02. The highest BCUT2D eigenvalue weighted by molar-refractivity contribution is 7.89. The number of rotatable bonds is 8. The second kappa shape index (κ2) is 8.91. The predicted octanol–water partition coefficient (Wildman–Crippen LogP) is 3.18. The number of benzene rings is 2. The van der Waals surface area contributed by atoms with Crippen LogP contribution >= 0.6 is 0 Å². The molecule has 0 unspecified atom stereocenters. The summed E-state index contributed by atoms with van der Waals surface area (Å²) in [7, 11) is -2.07. The molecule has 1 amide bonds. The van der Waals surface area contributed by atoms with Gasteiger partial charge in [0.1, 0.15) is 5.82 Å². The van der Waals surface area contributed by atoms with Crippen molar-refractivity contribution in [1.29, 1.82) is 0 Å². The molecular weight excluding hydrogens is 355 g/mol. The van der Waals surface area contributed by atoms with Gasteiger partial charge in [0.05, 0.1) is 4.90 Å².